The van der Waals surface area contributed by atoms with Gasteiger partial charge in [-0.15, -0.1) is 0 Å². The smallest absolute Gasteiger partial charge is 0.228 e. The SMILES string of the molecule is CCC(=O)N[C@H](NC(=S)Nc1ccccc1C)C(Cl)(Cl)Cl. The molecule has 1 rings (SSSR count). The van der Waals surface area contributed by atoms with Gasteiger partial charge in [0.1, 0.15) is 6.17 Å². The zero-order valence-corrected chi connectivity index (χ0v) is 14.6. The third-order valence-electron chi connectivity index (χ3n) is 2.62. The maximum Gasteiger partial charge on any atom is 0.228 e. The van der Waals surface area contributed by atoms with Crippen molar-refractivity contribution in [3.63, 3.8) is 0 Å². The van der Waals surface area contributed by atoms with E-state index in [0.717, 1.165) is 11.3 Å². The van der Waals surface area contributed by atoms with Gasteiger partial charge in [0.25, 0.3) is 0 Å². The summed E-state index contributed by atoms with van der Waals surface area (Å²) in [5.41, 5.74) is 1.85. The van der Waals surface area contributed by atoms with Gasteiger partial charge >= 0.3 is 0 Å². The quantitative estimate of drug-likeness (QED) is 0.432. The van der Waals surface area contributed by atoms with Gasteiger partial charge in [-0.1, -0.05) is 59.9 Å². The molecule has 1 atom stereocenters. The minimum Gasteiger partial charge on any atom is -0.339 e. The van der Waals surface area contributed by atoms with Crippen LogP contribution in [0.5, 0.6) is 0 Å². The van der Waals surface area contributed by atoms with Crippen LogP contribution in [0.25, 0.3) is 0 Å². The number of nitrogens with one attached hydrogen (secondary N) is 3. The van der Waals surface area contributed by atoms with Crippen molar-refractivity contribution in [2.75, 3.05) is 5.32 Å². The highest BCUT2D eigenvalue weighted by molar-refractivity contribution is 7.80. The van der Waals surface area contributed by atoms with Crippen molar-refractivity contribution < 1.29 is 4.79 Å². The molecule has 21 heavy (non-hydrogen) atoms. The van der Waals surface area contributed by atoms with Gasteiger partial charge in [-0.3, -0.25) is 4.79 Å². The number of amides is 1. The summed E-state index contributed by atoms with van der Waals surface area (Å²) >= 11 is 22.7. The van der Waals surface area contributed by atoms with Crippen molar-refractivity contribution in [2.24, 2.45) is 0 Å². The molecule has 8 heteroatoms. The second kappa shape index (κ2) is 8.03. The summed E-state index contributed by atoms with van der Waals surface area (Å²) in [6.07, 6.45) is -0.657. The molecule has 3 N–H and O–H groups in total. The zero-order valence-electron chi connectivity index (χ0n) is 11.5. The summed E-state index contributed by atoms with van der Waals surface area (Å²) in [5.74, 6) is -0.252. The fourth-order valence-electron chi connectivity index (χ4n) is 1.47. The summed E-state index contributed by atoms with van der Waals surface area (Å²) in [6, 6.07) is 7.61. The van der Waals surface area contributed by atoms with Gasteiger partial charge in [-0.05, 0) is 30.8 Å². The number of alkyl halides is 3. The standard InChI is InChI=1S/C13H16Cl3N3OS/c1-3-10(20)18-11(13(14,15)16)19-12(21)17-9-7-5-4-6-8(9)2/h4-7,11H,3H2,1-2H3,(H,18,20)(H2,17,19,21)/t11-/m1/s1. The minimum atomic E-state index is -1.73. The molecule has 0 aliphatic carbocycles. The van der Waals surface area contributed by atoms with E-state index in [9.17, 15) is 4.79 Å². The molecule has 4 nitrogen and oxygen atoms in total. The third kappa shape index (κ3) is 6.26. The Morgan fingerprint density at radius 2 is 1.90 bits per heavy atom. The number of anilines is 1. The highest BCUT2D eigenvalue weighted by Crippen LogP contribution is 2.29. The van der Waals surface area contributed by atoms with Crippen LogP contribution in [0.15, 0.2) is 24.3 Å². The van der Waals surface area contributed by atoms with Crippen LogP contribution in [0, 0.1) is 6.92 Å². The second-order valence-corrected chi connectivity index (χ2v) is 7.09. The number of hydrogen-bond acceptors (Lipinski definition) is 2. The molecule has 0 aromatic heterocycles. The molecule has 1 amide bonds. The van der Waals surface area contributed by atoms with Crippen LogP contribution in [0.4, 0.5) is 5.69 Å². The van der Waals surface area contributed by atoms with Gasteiger partial charge in [0.2, 0.25) is 9.70 Å². The Hall–Kier alpha value is -0.750. The lowest BCUT2D eigenvalue weighted by molar-refractivity contribution is -0.121. The van der Waals surface area contributed by atoms with E-state index in [0.29, 0.717) is 0 Å². The molecule has 0 saturated carbocycles. The molecule has 0 heterocycles. The predicted molar refractivity (Wildman–Crippen MR) is 93.0 cm³/mol. The Bertz CT molecular complexity index is 520. The number of thiocarbonyl (C=S) groups is 1. The van der Waals surface area contributed by atoms with Crippen LogP contribution >= 0.6 is 47.0 Å². The number of aryl methyl sites for hydroxylation is 1. The van der Waals surface area contributed by atoms with Crippen LogP contribution < -0.4 is 16.0 Å². The maximum atomic E-state index is 11.5. The molecule has 0 fully saturated rings. The molecular weight excluding hydrogens is 353 g/mol. The van der Waals surface area contributed by atoms with Crippen LogP contribution in [0.2, 0.25) is 0 Å². The fourth-order valence-corrected chi connectivity index (χ4v) is 2.02. The van der Waals surface area contributed by atoms with E-state index < -0.39 is 9.96 Å². The van der Waals surface area contributed by atoms with Gasteiger partial charge in [0.05, 0.1) is 0 Å². The zero-order chi connectivity index (χ0) is 16.0. The lowest BCUT2D eigenvalue weighted by atomic mass is 10.2. The summed E-state index contributed by atoms with van der Waals surface area (Å²) in [5, 5.41) is 8.60. The average molecular weight is 369 g/mol. The molecule has 0 unspecified atom stereocenters. The van der Waals surface area contributed by atoms with Crippen molar-refractivity contribution in [1.82, 2.24) is 10.6 Å². The molecule has 0 spiro atoms. The molecule has 0 aliphatic heterocycles. The normalized spacial score (nSPS) is 12.4. The lowest BCUT2D eigenvalue weighted by Gasteiger charge is -2.27. The highest BCUT2D eigenvalue weighted by atomic mass is 35.6. The number of para-hydroxylation sites is 1. The number of hydrogen-bond donors (Lipinski definition) is 3. The highest BCUT2D eigenvalue weighted by Gasteiger charge is 2.34. The van der Waals surface area contributed by atoms with Gasteiger partial charge in [0, 0.05) is 12.1 Å². The average Bonchev–Trinajstić information content (AvgIpc) is 2.39. The summed E-state index contributed by atoms with van der Waals surface area (Å²) in [6.45, 7) is 3.64. The number of halogens is 3. The molecule has 1 aromatic carbocycles. The Balaban J connectivity index is 2.73. The topological polar surface area (TPSA) is 53.2 Å². The van der Waals surface area contributed by atoms with Gasteiger partial charge in [-0.2, -0.15) is 0 Å². The van der Waals surface area contributed by atoms with Crippen molar-refractivity contribution >= 4 is 63.7 Å². The first-order valence-electron chi connectivity index (χ1n) is 6.23. The summed E-state index contributed by atoms with van der Waals surface area (Å²) < 4.78 is -1.73. The Morgan fingerprint density at radius 3 is 2.43 bits per heavy atom. The first kappa shape index (κ1) is 18.3. The Morgan fingerprint density at radius 1 is 1.29 bits per heavy atom. The Labute approximate surface area is 144 Å². The third-order valence-corrected chi connectivity index (χ3v) is 3.50. The van der Waals surface area contributed by atoms with Crippen molar-refractivity contribution in [2.45, 2.75) is 30.2 Å². The first-order chi connectivity index (χ1) is 9.74. The molecule has 0 radical (unpaired) electrons. The molecule has 0 saturated heterocycles. The van der Waals surface area contributed by atoms with Crippen molar-refractivity contribution in [3.8, 4) is 0 Å². The molecular formula is C13H16Cl3N3OS. The summed E-state index contributed by atoms with van der Waals surface area (Å²) in [4.78, 5) is 11.5. The molecule has 1 aromatic rings. The van der Waals surface area contributed by atoms with E-state index in [1.807, 2.05) is 31.2 Å². The summed E-state index contributed by atoms with van der Waals surface area (Å²) in [7, 11) is 0. The van der Waals surface area contributed by atoms with E-state index >= 15 is 0 Å². The van der Waals surface area contributed by atoms with E-state index in [4.69, 9.17) is 47.0 Å². The van der Waals surface area contributed by atoms with Crippen LogP contribution in [0.3, 0.4) is 0 Å². The second-order valence-electron chi connectivity index (χ2n) is 4.31. The van der Waals surface area contributed by atoms with Gasteiger partial charge in [0.15, 0.2) is 5.11 Å². The minimum absolute atomic E-state index is 0.247. The largest absolute Gasteiger partial charge is 0.339 e. The van der Waals surface area contributed by atoms with E-state index in [1.54, 1.807) is 6.92 Å². The fraction of sp³-hybridized carbons (Fsp3) is 0.385. The van der Waals surface area contributed by atoms with Crippen LogP contribution in [-0.2, 0) is 4.79 Å². The number of rotatable bonds is 4. The molecule has 116 valence electrons. The lowest BCUT2D eigenvalue weighted by Crippen LogP contribution is -2.56. The van der Waals surface area contributed by atoms with E-state index in [1.165, 1.54) is 0 Å². The van der Waals surface area contributed by atoms with E-state index in [2.05, 4.69) is 16.0 Å². The predicted octanol–water partition coefficient (Wildman–Crippen LogP) is 3.50. The number of carbonyl (C=O) groups is 1. The Kier molecular flexibility index (Phi) is 7.00. The van der Waals surface area contributed by atoms with Crippen molar-refractivity contribution in [3.05, 3.63) is 29.8 Å². The molecule has 0 bridgehead atoms. The van der Waals surface area contributed by atoms with E-state index in [-0.39, 0.29) is 17.4 Å². The number of benzene rings is 1. The molecule has 0 aliphatic rings. The monoisotopic (exact) mass is 367 g/mol. The maximum absolute atomic E-state index is 11.5. The first-order valence-corrected chi connectivity index (χ1v) is 7.77. The van der Waals surface area contributed by atoms with Gasteiger partial charge in [-0.25, -0.2) is 0 Å². The van der Waals surface area contributed by atoms with Gasteiger partial charge < -0.3 is 16.0 Å². The van der Waals surface area contributed by atoms with Crippen LogP contribution in [0.1, 0.15) is 18.9 Å². The van der Waals surface area contributed by atoms with Crippen LogP contribution in [-0.4, -0.2) is 21.0 Å². The van der Waals surface area contributed by atoms with Crippen molar-refractivity contribution in [1.29, 1.82) is 0 Å². The number of carbonyl (C=O) groups excluding carboxylic acids is 1.